The van der Waals surface area contributed by atoms with Gasteiger partial charge >= 0.3 is 0 Å². The van der Waals surface area contributed by atoms with Crippen LogP contribution in [0, 0.1) is 5.92 Å². The van der Waals surface area contributed by atoms with Gasteiger partial charge in [-0.3, -0.25) is 0 Å². The van der Waals surface area contributed by atoms with Crippen molar-refractivity contribution in [1.29, 1.82) is 0 Å². The molecule has 0 aromatic rings. The summed E-state index contributed by atoms with van der Waals surface area (Å²) in [6.07, 6.45) is 14.2. The molecule has 1 N–H and O–H groups in total. The molecule has 0 spiro atoms. The summed E-state index contributed by atoms with van der Waals surface area (Å²) in [6.45, 7) is 5.82. The lowest BCUT2D eigenvalue weighted by Crippen LogP contribution is -2.53. The standard InChI is InChI=1S/C17H33NO/c1-2-3-4-5-6-9-13-18-14-12-17(19)11-8-7-10-16(17)15-18/h16,19H,2-15H2,1H3. The van der Waals surface area contributed by atoms with Gasteiger partial charge in [0.05, 0.1) is 5.60 Å². The Kier molecular flexibility index (Phi) is 6.15. The van der Waals surface area contributed by atoms with Crippen molar-refractivity contribution in [3.05, 3.63) is 0 Å². The van der Waals surface area contributed by atoms with Gasteiger partial charge < -0.3 is 10.0 Å². The van der Waals surface area contributed by atoms with Gasteiger partial charge in [-0.25, -0.2) is 0 Å². The van der Waals surface area contributed by atoms with Crippen LogP contribution < -0.4 is 0 Å². The average Bonchev–Trinajstić information content (AvgIpc) is 2.42. The molecule has 19 heavy (non-hydrogen) atoms. The molecule has 2 nitrogen and oxygen atoms in total. The van der Waals surface area contributed by atoms with Crippen molar-refractivity contribution >= 4 is 0 Å². The van der Waals surface area contributed by atoms with E-state index in [4.69, 9.17) is 0 Å². The molecular weight excluding hydrogens is 234 g/mol. The lowest BCUT2D eigenvalue weighted by molar-refractivity contribution is -0.0953. The molecule has 1 aliphatic heterocycles. The van der Waals surface area contributed by atoms with Gasteiger partial charge in [0.1, 0.15) is 0 Å². The Bertz CT molecular complexity index is 256. The Morgan fingerprint density at radius 1 is 1.05 bits per heavy atom. The predicted molar refractivity (Wildman–Crippen MR) is 81.3 cm³/mol. The second-order valence-electron chi connectivity index (χ2n) is 6.86. The van der Waals surface area contributed by atoms with Crippen molar-refractivity contribution in [1.82, 2.24) is 4.90 Å². The lowest BCUT2D eigenvalue weighted by atomic mass is 9.71. The van der Waals surface area contributed by atoms with Crippen LogP contribution in [0.15, 0.2) is 0 Å². The number of hydrogen-bond donors (Lipinski definition) is 1. The van der Waals surface area contributed by atoms with Crippen molar-refractivity contribution < 1.29 is 5.11 Å². The third-order valence-corrected chi connectivity index (χ3v) is 5.34. The molecule has 1 saturated heterocycles. The van der Waals surface area contributed by atoms with Crippen molar-refractivity contribution in [2.24, 2.45) is 5.92 Å². The predicted octanol–water partition coefficient (Wildman–Crippen LogP) is 3.97. The zero-order valence-corrected chi connectivity index (χ0v) is 12.9. The smallest absolute Gasteiger partial charge is 0.0700 e. The summed E-state index contributed by atoms with van der Waals surface area (Å²) in [5.41, 5.74) is -0.296. The van der Waals surface area contributed by atoms with Crippen LogP contribution in [0.2, 0.25) is 0 Å². The first kappa shape index (κ1) is 15.3. The molecule has 2 rings (SSSR count). The Morgan fingerprint density at radius 3 is 2.68 bits per heavy atom. The summed E-state index contributed by atoms with van der Waals surface area (Å²) in [6, 6.07) is 0. The highest BCUT2D eigenvalue weighted by Crippen LogP contribution is 2.39. The Balaban J connectivity index is 1.61. The topological polar surface area (TPSA) is 23.5 Å². The van der Waals surface area contributed by atoms with Crippen LogP contribution in [0.3, 0.4) is 0 Å². The molecule has 2 atom stereocenters. The van der Waals surface area contributed by atoms with Gasteiger partial charge in [-0.15, -0.1) is 0 Å². The van der Waals surface area contributed by atoms with Gasteiger partial charge in [-0.2, -0.15) is 0 Å². The minimum Gasteiger partial charge on any atom is -0.390 e. The fraction of sp³-hybridized carbons (Fsp3) is 1.00. The molecule has 2 heteroatoms. The van der Waals surface area contributed by atoms with Gasteiger partial charge in [-0.05, 0) is 32.2 Å². The molecule has 1 aliphatic carbocycles. The Morgan fingerprint density at radius 2 is 1.84 bits per heavy atom. The van der Waals surface area contributed by atoms with Gasteiger partial charge in [0.25, 0.3) is 0 Å². The number of aliphatic hydroxyl groups is 1. The first-order valence-corrected chi connectivity index (χ1v) is 8.69. The van der Waals surface area contributed by atoms with E-state index in [2.05, 4.69) is 11.8 Å². The van der Waals surface area contributed by atoms with E-state index in [0.717, 1.165) is 25.9 Å². The second-order valence-corrected chi connectivity index (χ2v) is 6.86. The van der Waals surface area contributed by atoms with E-state index in [1.54, 1.807) is 0 Å². The molecule has 112 valence electrons. The molecule has 1 saturated carbocycles. The fourth-order valence-electron chi connectivity index (χ4n) is 3.96. The largest absolute Gasteiger partial charge is 0.390 e. The summed E-state index contributed by atoms with van der Waals surface area (Å²) < 4.78 is 0. The lowest BCUT2D eigenvalue weighted by Gasteiger charge is -2.47. The number of likely N-dealkylation sites (tertiary alicyclic amines) is 1. The van der Waals surface area contributed by atoms with Crippen molar-refractivity contribution in [2.75, 3.05) is 19.6 Å². The zero-order valence-electron chi connectivity index (χ0n) is 12.9. The van der Waals surface area contributed by atoms with Crippen molar-refractivity contribution in [3.63, 3.8) is 0 Å². The molecule has 2 aliphatic rings. The number of hydrogen-bond acceptors (Lipinski definition) is 2. The molecule has 0 radical (unpaired) electrons. The molecule has 0 aromatic heterocycles. The summed E-state index contributed by atoms with van der Waals surface area (Å²) in [7, 11) is 0. The average molecular weight is 267 g/mol. The molecular formula is C17H33NO. The maximum Gasteiger partial charge on any atom is 0.0700 e. The van der Waals surface area contributed by atoms with Crippen LogP contribution in [0.25, 0.3) is 0 Å². The Labute approximate surface area is 119 Å². The Hall–Kier alpha value is -0.0800. The molecule has 0 bridgehead atoms. The van der Waals surface area contributed by atoms with Crippen molar-refractivity contribution in [3.8, 4) is 0 Å². The van der Waals surface area contributed by atoms with Crippen LogP contribution in [-0.2, 0) is 0 Å². The van der Waals surface area contributed by atoms with Gasteiger partial charge in [0, 0.05) is 19.0 Å². The van der Waals surface area contributed by atoms with Crippen molar-refractivity contribution in [2.45, 2.75) is 83.2 Å². The molecule has 0 aromatic carbocycles. The first-order chi connectivity index (χ1) is 9.24. The normalized spacial score (nSPS) is 32.2. The summed E-state index contributed by atoms with van der Waals surface area (Å²) >= 11 is 0. The third kappa shape index (κ3) is 4.46. The highest BCUT2D eigenvalue weighted by atomic mass is 16.3. The minimum atomic E-state index is -0.296. The highest BCUT2D eigenvalue weighted by molar-refractivity contribution is 4.95. The van der Waals surface area contributed by atoms with Crippen LogP contribution in [0.1, 0.15) is 77.6 Å². The monoisotopic (exact) mass is 267 g/mol. The van der Waals surface area contributed by atoms with E-state index in [1.165, 1.54) is 64.3 Å². The van der Waals surface area contributed by atoms with E-state index in [0.29, 0.717) is 5.92 Å². The molecule has 2 unspecified atom stereocenters. The van der Waals surface area contributed by atoms with E-state index in [1.807, 2.05) is 0 Å². The summed E-state index contributed by atoms with van der Waals surface area (Å²) in [5, 5.41) is 10.7. The van der Waals surface area contributed by atoms with Crippen LogP contribution in [0.4, 0.5) is 0 Å². The zero-order chi connectivity index (χ0) is 13.6. The van der Waals surface area contributed by atoms with Gasteiger partial charge in [0.15, 0.2) is 0 Å². The van der Waals surface area contributed by atoms with Gasteiger partial charge in [0.2, 0.25) is 0 Å². The summed E-state index contributed by atoms with van der Waals surface area (Å²) in [4.78, 5) is 2.62. The first-order valence-electron chi connectivity index (χ1n) is 8.69. The molecule has 2 fully saturated rings. The van der Waals surface area contributed by atoms with Crippen LogP contribution in [-0.4, -0.2) is 35.2 Å². The van der Waals surface area contributed by atoms with Crippen LogP contribution >= 0.6 is 0 Å². The highest BCUT2D eigenvalue weighted by Gasteiger charge is 2.42. The number of unbranched alkanes of at least 4 members (excludes halogenated alkanes) is 5. The minimum absolute atomic E-state index is 0.296. The van der Waals surface area contributed by atoms with E-state index >= 15 is 0 Å². The second kappa shape index (κ2) is 7.64. The number of nitrogens with zero attached hydrogens (tertiary/aromatic N) is 1. The van der Waals surface area contributed by atoms with E-state index in [-0.39, 0.29) is 5.60 Å². The quantitative estimate of drug-likeness (QED) is 0.705. The number of fused-ring (bicyclic) bond motifs is 1. The van der Waals surface area contributed by atoms with E-state index < -0.39 is 0 Å². The maximum absolute atomic E-state index is 10.7. The maximum atomic E-state index is 10.7. The van der Waals surface area contributed by atoms with Crippen LogP contribution in [0.5, 0.6) is 0 Å². The van der Waals surface area contributed by atoms with E-state index in [9.17, 15) is 5.11 Å². The fourth-order valence-corrected chi connectivity index (χ4v) is 3.96. The third-order valence-electron chi connectivity index (χ3n) is 5.34. The number of rotatable bonds is 7. The summed E-state index contributed by atoms with van der Waals surface area (Å²) in [5.74, 6) is 0.565. The molecule has 0 amide bonds. The molecule has 1 heterocycles. The SMILES string of the molecule is CCCCCCCCN1CCC2(O)CCCCC2C1. The van der Waals surface area contributed by atoms with Gasteiger partial charge in [-0.1, -0.05) is 51.9 Å². The number of piperidine rings is 1.